The monoisotopic (exact) mass is 579 g/mol. The van der Waals surface area contributed by atoms with Crippen molar-refractivity contribution in [2.24, 2.45) is 0 Å². The van der Waals surface area contributed by atoms with E-state index in [9.17, 15) is 13.2 Å². The zero-order chi connectivity index (χ0) is 25.8. The van der Waals surface area contributed by atoms with E-state index in [1.165, 1.54) is 6.26 Å². The Balaban J connectivity index is 1.70. The molecular weight excluding hydrogens is 552 g/mol. The van der Waals surface area contributed by atoms with E-state index in [0.29, 0.717) is 39.6 Å². The Hall–Kier alpha value is -1.06. The summed E-state index contributed by atoms with van der Waals surface area (Å²) in [6, 6.07) is 10.6. The van der Waals surface area contributed by atoms with E-state index in [1.54, 1.807) is 36.2 Å². The second-order valence-electron chi connectivity index (χ2n) is 8.96. The lowest BCUT2D eigenvalue weighted by atomic mass is 9.93. The number of likely N-dealkylation sites (N-methyl/N-ethyl adjacent to an activating group) is 1. The van der Waals surface area contributed by atoms with Gasteiger partial charge in [-0.05, 0) is 74.3 Å². The van der Waals surface area contributed by atoms with Crippen molar-refractivity contribution in [2.75, 3.05) is 32.9 Å². The Morgan fingerprint density at radius 1 is 1.03 bits per heavy atom. The summed E-state index contributed by atoms with van der Waals surface area (Å²) in [4.78, 5) is 17.5. The Labute approximate surface area is 227 Å². The predicted molar refractivity (Wildman–Crippen MR) is 144 cm³/mol. The fraction of sp³-hybridized carbons (Fsp3) is 0.458. The summed E-state index contributed by atoms with van der Waals surface area (Å²) in [7, 11) is -1.46. The van der Waals surface area contributed by atoms with Crippen molar-refractivity contribution in [1.29, 1.82) is 0 Å². The van der Waals surface area contributed by atoms with Crippen LogP contribution in [-0.4, -0.2) is 63.1 Å². The van der Waals surface area contributed by atoms with Gasteiger partial charge >= 0.3 is 0 Å². The molecule has 1 atom stereocenters. The molecule has 2 aromatic carbocycles. The summed E-state index contributed by atoms with van der Waals surface area (Å²) < 4.78 is 25.7. The normalized spacial score (nSPS) is 16.3. The van der Waals surface area contributed by atoms with Crippen molar-refractivity contribution < 1.29 is 13.2 Å². The number of nitrogens with zero attached hydrogens (tertiary/aromatic N) is 2. The van der Waals surface area contributed by atoms with Gasteiger partial charge in [0.05, 0.1) is 32.3 Å². The van der Waals surface area contributed by atoms with Gasteiger partial charge in [-0.25, -0.2) is 13.1 Å². The third kappa shape index (κ3) is 8.49. The molecule has 35 heavy (non-hydrogen) atoms. The summed E-state index contributed by atoms with van der Waals surface area (Å²) in [5.41, 5.74) is 1.68. The molecule has 1 saturated heterocycles. The Morgan fingerprint density at radius 3 is 2.20 bits per heavy atom. The molecule has 0 bridgehead atoms. The molecule has 1 amide bonds. The molecule has 6 nitrogen and oxygen atoms in total. The fourth-order valence-corrected chi connectivity index (χ4v) is 5.77. The highest BCUT2D eigenvalue weighted by Gasteiger charge is 2.27. The minimum absolute atomic E-state index is 0.0388. The third-order valence-electron chi connectivity index (χ3n) is 6.13. The lowest BCUT2D eigenvalue weighted by Crippen LogP contribution is -2.45. The minimum Gasteiger partial charge on any atom is -0.341 e. The van der Waals surface area contributed by atoms with Gasteiger partial charge in [0, 0.05) is 19.6 Å². The highest BCUT2D eigenvalue weighted by Crippen LogP contribution is 2.30. The first-order chi connectivity index (χ1) is 16.4. The Kier molecular flexibility index (Phi) is 10.1. The third-order valence-corrected chi connectivity index (χ3v) is 8.37. The van der Waals surface area contributed by atoms with Gasteiger partial charge in [0.2, 0.25) is 15.9 Å². The molecule has 0 saturated carbocycles. The van der Waals surface area contributed by atoms with E-state index >= 15 is 0 Å². The van der Waals surface area contributed by atoms with Crippen molar-refractivity contribution in [3.63, 3.8) is 0 Å². The molecule has 1 aliphatic heterocycles. The molecule has 0 aliphatic carbocycles. The standard InChI is InChI=1S/C24H29Cl4N3O3S/c1-30(15-16-3-5-20(25)22(27)13-16)24(32)19(17-4-6-21(26)23(28)14-17)9-12-31-10-7-18(8-11-31)29-35(2,33)34/h3-6,13-14,18-19,29H,7-12,15H2,1-2H3. The van der Waals surface area contributed by atoms with E-state index in [-0.39, 0.29) is 11.9 Å². The van der Waals surface area contributed by atoms with Gasteiger partial charge in [0.15, 0.2) is 0 Å². The number of amides is 1. The number of piperidine rings is 1. The van der Waals surface area contributed by atoms with Gasteiger partial charge in [-0.1, -0.05) is 58.5 Å². The molecule has 0 spiro atoms. The van der Waals surface area contributed by atoms with Crippen LogP contribution in [-0.2, 0) is 21.4 Å². The van der Waals surface area contributed by atoms with E-state index < -0.39 is 15.9 Å². The maximum absolute atomic E-state index is 13.6. The molecule has 2 aromatic rings. The number of rotatable bonds is 9. The second-order valence-corrected chi connectivity index (χ2v) is 12.4. The van der Waals surface area contributed by atoms with Crippen LogP contribution in [0.1, 0.15) is 36.3 Å². The molecule has 0 aromatic heterocycles. The number of sulfonamides is 1. The van der Waals surface area contributed by atoms with Crippen molar-refractivity contribution in [3.05, 3.63) is 67.6 Å². The highest BCUT2D eigenvalue weighted by atomic mass is 35.5. The van der Waals surface area contributed by atoms with Gasteiger partial charge in [-0.2, -0.15) is 0 Å². The molecule has 0 radical (unpaired) electrons. The van der Waals surface area contributed by atoms with Gasteiger partial charge in [0.25, 0.3) is 0 Å². The lowest BCUT2D eigenvalue weighted by molar-refractivity contribution is -0.132. The molecule has 1 fully saturated rings. The van der Waals surface area contributed by atoms with Crippen LogP contribution in [0.15, 0.2) is 36.4 Å². The van der Waals surface area contributed by atoms with Gasteiger partial charge in [0.1, 0.15) is 0 Å². The lowest BCUT2D eigenvalue weighted by Gasteiger charge is -2.33. The van der Waals surface area contributed by atoms with E-state index in [4.69, 9.17) is 46.4 Å². The van der Waals surface area contributed by atoms with Crippen LogP contribution in [0.5, 0.6) is 0 Å². The topological polar surface area (TPSA) is 69.7 Å². The number of likely N-dealkylation sites (tertiary alicyclic amines) is 1. The largest absolute Gasteiger partial charge is 0.341 e. The molecular formula is C24H29Cl4N3O3S. The number of benzene rings is 2. The minimum atomic E-state index is -3.22. The second kappa shape index (κ2) is 12.5. The summed E-state index contributed by atoms with van der Waals surface area (Å²) in [6.45, 7) is 2.60. The van der Waals surface area contributed by atoms with Gasteiger partial charge in [-0.3, -0.25) is 4.79 Å². The first-order valence-electron chi connectivity index (χ1n) is 11.3. The number of hydrogen-bond donors (Lipinski definition) is 1. The zero-order valence-corrected chi connectivity index (χ0v) is 23.4. The number of nitrogens with one attached hydrogen (secondary N) is 1. The van der Waals surface area contributed by atoms with Gasteiger partial charge < -0.3 is 9.80 Å². The van der Waals surface area contributed by atoms with Crippen LogP contribution in [0.3, 0.4) is 0 Å². The number of hydrogen-bond acceptors (Lipinski definition) is 4. The summed E-state index contributed by atoms with van der Waals surface area (Å²) in [5, 5.41) is 1.75. The number of carbonyl (C=O) groups excluding carboxylic acids is 1. The Bertz CT molecular complexity index is 1150. The molecule has 3 rings (SSSR count). The summed E-state index contributed by atoms with van der Waals surface area (Å²) in [6.07, 6.45) is 3.24. The molecule has 1 aliphatic rings. The van der Waals surface area contributed by atoms with Crippen LogP contribution >= 0.6 is 46.4 Å². The first-order valence-corrected chi connectivity index (χ1v) is 14.7. The van der Waals surface area contributed by atoms with Crippen molar-refractivity contribution >= 4 is 62.3 Å². The van der Waals surface area contributed by atoms with E-state index in [2.05, 4.69) is 9.62 Å². The molecule has 11 heteroatoms. The predicted octanol–water partition coefficient (Wildman–Crippen LogP) is 5.45. The highest BCUT2D eigenvalue weighted by molar-refractivity contribution is 7.88. The molecule has 1 heterocycles. The quantitative estimate of drug-likeness (QED) is 0.428. The molecule has 1 N–H and O–H groups in total. The average Bonchev–Trinajstić information content (AvgIpc) is 2.78. The van der Waals surface area contributed by atoms with E-state index in [0.717, 1.165) is 37.1 Å². The molecule has 192 valence electrons. The van der Waals surface area contributed by atoms with Crippen molar-refractivity contribution in [1.82, 2.24) is 14.5 Å². The van der Waals surface area contributed by atoms with Crippen LogP contribution in [0, 0.1) is 0 Å². The van der Waals surface area contributed by atoms with Crippen LogP contribution in [0.4, 0.5) is 0 Å². The zero-order valence-electron chi connectivity index (χ0n) is 19.6. The Morgan fingerprint density at radius 2 is 1.63 bits per heavy atom. The molecule has 1 unspecified atom stereocenters. The van der Waals surface area contributed by atoms with Crippen LogP contribution in [0.25, 0.3) is 0 Å². The average molecular weight is 581 g/mol. The fourth-order valence-electron chi connectivity index (χ4n) is 4.31. The summed E-state index contributed by atoms with van der Waals surface area (Å²) >= 11 is 24.5. The van der Waals surface area contributed by atoms with Gasteiger partial charge in [-0.15, -0.1) is 0 Å². The van der Waals surface area contributed by atoms with E-state index in [1.807, 2.05) is 12.1 Å². The SMILES string of the molecule is CN(Cc1ccc(Cl)c(Cl)c1)C(=O)C(CCN1CCC(NS(C)(=O)=O)CC1)c1ccc(Cl)c(Cl)c1. The number of halogens is 4. The summed E-state index contributed by atoms with van der Waals surface area (Å²) in [5.74, 6) is -0.451. The van der Waals surface area contributed by atoms with Crippen molar-refractivity contribution in [3.8, 4) is 0 Å². The smallest absolute Gasteiger partial charge is 0.230 e. The van der Waals surface area contributed by atoms with Crippen LogP contribution < -0.4 is 4.72 Å². The first kappa shape index (κ1) is 28.5. The maximum Gasteiger partial charge on any atom is 0.230 e. The van der Waals surface area contributed by atoms with Crippen molar-refractivity contribution in [2.45, 2.75) is 37.8 Å². The van der Waals surface area contributed by atoms with Crippen LogP contribution in [0.2, 0.25) is 20.1 Å². The number of carbonyl (C=O) groups is 1. The maximum atomic E-state index is 13.6.